The SMILES string of the molecule is CC(C)C(=O)NC1CCN(c2ccccc2)C1. The minimum Gasteiger partial charge on any atom is -0.369 e. The van der Waals surface area contributed by atoms with E-state index in [0.29, 0.717) is 6.04 Å². The van der Waals surface area contributed by atoms with Gasteiger partial charge in [0, 0.05) is 30.7 Å². The number of anilines is 1. The van der Waals surface area contributed by atoms with Crippen LogP contribution < -0.4 is 10.2 Å². The number of rotatable bonds is 3. The highest BCUT2D eigenvalue weighted by molar-refractivity contribution is 5.78. The summed E-state index contributed by atoms with van der Waals surface area (Å²) >= 11 is 0. The van der Waals surface area contributed by atoms with Crippen molar-refractivity contribution in [2.45, 2.75) is 26.3 Å². The van der Waals surface area contributed by atoms with E-state index in [9.17, 15) is 4.79 Å². The Labute approximate surface area is 103 Å². The van der Waals surface area contributed by atoms with Gasteiger partial charge < -0.3 is 10.2 Å². The summed E-state index contributed by atoms with van der Waals surface area (Å²) in [6, 6.07) is 10.7. The van der Waals surface area contributed by atoms with Crippen LogP contribution in [-0.2, 0) is 4.79 Å². The van der Waals surface area contributed by atoms with Crippen molar-refractivity contribution in [2.24, 2.45) is 5.92 Å². The predicted octanol–water partition coefficient (Wildman–Crippen LogP) is 2.04. The Kier molecular flexibility index (Phi) is 3.67. The highest BCUT2D eigenvalue weighted by Crippen LogP contribution is 2.19. The first-order valence-corrected chi connectivity index (χ1v) is 6.27. The van der Waals surface area contributed by atoms with E-state index in [1.165, 1.54) is 5.69 Å². The number of para-hydroxylation sites is 1. The lowest BCUT2D eigenvalue weighted by Crippen LogP contribution is -2.39. The first kappa shape index (κ1) is 12.0. The van der Waals surface area contributed by atoms with Crippen LogP contribution >= 0.6 is 0 Å². The summed E-state index contributed by atoms with van der Waals surface area (Å²) < 4.78 is 0. The van der Waals surface area contributed by atoms with Crippen molar-refractivity contribution >= 4 is 11.6 Å². The van der Waals surface area contributed by atoms with Crippen LogP contribution in [0.2, 0.25) is 0 Å². The highest BCUT2D eigenvalue weighted by atomic mass is 16.1. The first-order valence-electron chi connectivity index (χ1n) is 6.27. The van der Waals surface area contributed by atoms with Crippen molar-refractivity contribution in [1.29, 1.82) is 0 Å². The molecule has 1 aromatic carbocycles. The molecular weight excluding hydrogens is 212 g/mol. The Morgan fingerprint density at radius 3 is 2.71 bits per heavy atom. The topological polar surface area (TPSA) is 32.3 Å². The third kappa shape index (κ3) is 2.99. The molecule has 1 amide bonds. The molecule has 1 fully saturated rings. The molecule has 3 nitrogen and oxygen atoms in total. The molecule has 1 aliphatic rings. The Bertz CT molecular complexity index is 375. The number of nitrogens with zero attached hydrogens (tertiary/aromatic N) is 1. The van der Waals surface area contributed by atoms with Gasteiger partial charge in [-0.05, 0) is 18.6 Å². The summed E-state index contributed by atoms with van der Waals surface area (Å²) in [5, 5.41) is 3.10. The summed E-state index contributed by atoms with van der Waals surface area (Å²) in [5.74, 6) is 0.227. The molecule has 0 spiro atoms. The molecular formula is C14H20N2O. The number of hydrogen-bond donors (Lipinski definition) is 1. The molecule has 0 aliphatic carbocycles. The quantitative estimate of drug-likeness (QED) is 0.865. The molecule has 1 atom stereocenters. The maximum atomic E-state index is 11.6. The van der Waals surface area contributed by atoms with Gasteiger partial charge in [-0.1, -0.05) is 32.0 Å². The Hall–Kier alpha value is -1.51. The third-order valence-corrected chi connectivity index (χ3v) is 3.18. The molecule has 1 aromatic rings. The Balaban J connectivity index is 1.90. The number of nitrogens with one attached hydrogen (secondary N) is 1. The van der Waals surface area contributed by atoms with Crippen molar-refractivity contribution in [3.05, 3.63) is 30.3 Å². The number of benzene rings is 1. The zero-order valence-corrected chi connectivity index (χ0v) is 10.5. The molecule has 1 heterocycles. The van der Waals surface area contributed by atoms with Crippen LogP contribution in [0, 0.1) is 5.92 Å². The molecule has 0 bridgehead atoms. The van der Waals surface area contributed by atoms with Gasteiger partial charge in [0.05, 0.1) is 0 Å². The second kappa shape index (κ2) is 5.21. The molecule has 1 saturated heterocycles. The minimum atomic E-state index is 0.0702. The van der Waals surface area contributed by atoms with Gasteiger partial charge in [-0.2, -0.15) is 0 Å². The number of amides is 1. The predicted molar refractivity (Wildman–Crippen MR) is 70.0 cm³/mol. The van der Waals surface area contributed by atoms with E-state index in [2.05, 4.69) is 34.5 Å². The average molecular weight is 232 g/mol. The van der Waals surface area contributed by atoms with Crippen LogP contribution in [0.3, 0.4) is 0 Å². The van der Waals surface area contributed by atoms with E-state index in [1.54, 1.807) is 0 Å². The molecule has 1 unspecified atom stereocenters. The van der Waals surface area contributed by atoms with Gasteiger partial charge in [-0.25, -0.2) is 0 Å². The van der Waals surface area contributed by atoms with E-state index in [0.717, 1.165) is 19.5 Å². The van der Waals surface area contributed by atoms with Gasteiger partial charge in [0.2, 0.25) is 5.91 Å². The molecule has 17 heavy (non-hydrogen) atoms. The van der Waals surface area contributed by atoms with Crippen LogP contribution in [0.25, 0.3) is 0 Å². The summed E-state index contributed by atoms with van der Waals surface area (Å²) in [4.78, 5) is 13.9. The zero-order chi connectivity index (χ0) is 12.3. The Morgan fingerprint density at radius 1 is 1.35 bits per heavy atom. The van der Waals surface area contributed by atoms with E-state index >= 15 is 0 Å². The highest BCUT2D eigenvalue weighted by Gasteiger charge is 2.24. The van der Waals surface area contributed by atoms with E-state index in [4.69, 9.17) is 0 Å². The standard InChI is InChI=1S/C14H20N2O/c1-11(2)14(17)15-12-8-9-16(10-12)13-6-4-3-5-7-13/h3-7,11-12H,8-10H2,1-2H3,(H,15,17). The maximum absolute atomic E-state index is 11.6. The molecule has 0 aromatic heterocycles. The molecule has 2 rings (SSSR count). The monoisotopic (exact) mass is 232 g/mol. The van der Waals surface area contributed by atoms with Crippen molar-refractivity contribution in [2.75, 3.05) is 18.0 Å². The fourth-order valence-electron chi connectivity index (χ4n) is 2.12. The van der Waals surface area contributed by atoms with E-state index in [-0.39, 0.29) is 11.8 Å². The van der Waals surface area contributed by atoms with Gasteiger partial charge in [0.15, 0.2) is 0 Å². The average Bonchev–Trinajstić information content (AvgIpc) is 2.78. The normalized spacial score (nSPS) is 19.7. The Morgan fingerprint density at radius 2 is 2.06 bits per heavy atom. The number of carbonyl (C=O) groups is 1. The van der Waals surface area contributed by atoms with Gasteiger partial charge >= 0.3 is 0 Å². The van der Waals surface area contributed by atoms with E-state index in [1.807, 2.05) is 19.9 Å². The van der Waals surface area contributed by atoms with Crippen LogP contribution in [-0.4, -0.2) is 25.0 Å². The molecule has 1 N–H and O–H groups in total. The largest absolute Gasteiger partial charge is 0.369 e. The first-order chi connectivity index (χ1) is 8.16. The maximum Gasteiger partial charge on any atom is 0.222 e. The molecule has 92 valence electrons. The van der Waals surface area contributed by atoms with Crippen molar-refractivity contribution in [1.82, 2.24) is 5.32 Å². The summed E-state index contributed by atoms with van der Waals surface area (Å²) in [5.41, 5.74) is 1.24. The van der Waals surface area contributed by atoms with E-state index < -0.39 is 0 Å². The lowest BCUT2D eigenvalue weighted by Gasteiger charge is -2.19. The fourth-order valence-corrected chi connectivity index (χ4v) is 2.12. The van der Waals surface area contributed by atoms with Crippen molar-refractivity contribution < 1.29 is 4.79 Å². The van der Waals surface area contributed by atoms with Gasteiger partial charge in [-0.3, -0.25) is 4.79 Å². The smallest absolute Gasteiger partial charge is 0.222 e. The molecule has 0 saturated carbocycles. The van der Waals surface area contributed by atoms with Gasteiger partial charge in [0.1, 0.15) is 0 Å². The molecule has 3 heteroatoms. The van der Waals surface area contributed by atoms with Crippen LogP contribution in [0.15, 0.2) is 30.3 Å². The summed E-state index contributed by atoms with van der Waals surface area (Å²) in [6.45, 7) is 5.80. The second-order valence-electron chi connectivity index (χ2n) is 4.93. The van der Waals surface area contributed by atoms with Crippen LogP contribution in [0.4, 0.5) is 5.69 Å². The third-order valence-electron chi connectivity index (χ3n) is 3.18. The van der Waals surface area contributed by atoms with Gasteiger partial charge in [-0.15, -0.1) is 0 Å². The van der Waals surface area contributed by atoms with Crippen LogP contribution in [0.5, 0.6) is 0 Å². The van der Waals surface area contributed by atoms with Crippen LogP contribution in [0.1, 0.15) is 20.3 Å². The lowest BCUT2D eigenvalue weighted by molar-refractivity contribution is -0.124. The second-order valence-corrected chi connectivity index (χ2v) is 4.93. The minimum absolute atomic E-state index is 0.0702. The number of hydrogen-bond acceptors (Lipinski definition) is 2. The van der Waals surface area contributed by atoms with Crippen molar-refractivity contribution in [3.8, 4) is 0 Å². The molecule has 1 aliphatic heterocycles. The summed E-state index contributed by atoms with van der Waals surface area (Å²) in [6.07, 6.45) is 1.04. The lowest BCUT2D eigenvalue weighted by atomic mass is 10.2. The zero-order valence-electron chi connectivity index (χ0n) is 10.5. The fraction of sp³-hybridized carbons (Fsp3) is 0.500. The van der Waals surface area contributed by atoms with Gasteiger partial charge in [0.25, 0.3) is 0 Å². The van der Waals surface area contributed by atoms with Crippen molar-refractivity contribution in [3.63, 3.8) is 0 Å². The molecule has 0 radical (unpaired) electrons. The number of carbonyl (C=O) groups excluding carboxylic acids is 1. The summed E-state index contributed by atoms with van der Waals surface area (Å²) in [7, 11) is 0.